The molecule has 23 heavy (non-hydrogen) atoms. The van der Waals surface area contributed by atoms with Gasteiger partial charge in [-0.3, -0.25) is 14.1 Å². The fourth-order valence-electron chi connectivity index (χ4n) is 2.37. The Bertz CT molecular complexity index is 413. The van der Waals surface area contributed by atoms with Gasteiger partial charge in [0.15, 0.2) is 5.96 Å². The molecule has 1 aliphatic rings. The van der Waals surface area contributed by atoms with E-state index in [0.29, 0.717) is 12.3 Å². The molecule has 0 spiro atoms. The first kappa shape index (κ1) is 20.4. The SMILES string of the molecule is CN=C(NCCS(=O)C(C)(C)C)NCC(C)(C)N1CCOCC1. The van der Waals surface area contributed by atoms with Crippen molar-refractivity contribution in [2.45, 2.75) is 44.9 Å². The molecule has 0 aromatic heterocycles. The number of ether oxygens (including phenoxy) is 1. The number of rotatable bonds is 6. The molecular weight excluding hydrogens is 312 g/mol. The quantitative estimate of drug-likeness (QED) is 0.550. The van der Waals surface area contributed by atoms with E-state index < -0.39 is 10.8 Å². The van der Waals surface area contributed by atoms with Crippen LogP contribution in [0, 0.1) is 0 Å². The van der Waals surface area contributed by atoms with Crippen molar-refractivity contribution in [1.29, 1.82) is 0 Å². The van der Waals surface area contributed by atoms with Crippen molar-refractivity contribution in [3.05, 3.63) is 0 Å². The zero-order chi connectivity index (χ0) is 17.5. The monoisotopic (exact) mass is 346 g/mol. The van der Waals surface area contributed by atoms with E-state index in [2.05, 4.69) is 34.4 Å². The van der Waals surface area contributed by atoms with E-state index in [1.807, 2.05) is 20.8 Å². The van der Waals surface area contributed by atoms with Crippen LogP contribution in [-0.2, 0) is 15.5 Å². The Morgan fingerprint density at radius 2 is 1.78 bits per heavy atom. The van der Waals surface area contributed by atoms with E-state index in [4.69, 9.17) is 4.74 Å². The van der Waals surface area contributed by atoms with E-state index in [9.17, 15) is 4.21 Å². The third-order valence-electron chi connectivity index (χ3n) is 4.04. The summed E-state index contributed by atoms with van der Waals surface area (Å²) in [6, 6.07) is 0. The van der Waals surface area contributed by atoms with Crippen LogP contribution < -0.4 is 10.6 Å². The van der Waals surface area contributed by atoms with Crippen molar-refractivity contribution < 1.29 is 8.95 Å². The third-order valence-corrected chi connectivity index (χ3v) is 5.98. The van der Waals surface area contributed by atoms with Crippen LogP contribution in [0.2, 0.25) is 0 Å². The van der Waals surface area contributed by atoms with Crippen molar-refractivity contribution in [2.75, 3.05) is 52.2 Å². The number of aliphatic imine (C=N–C) groups is 1. The lowest BCUT2D eigenvalue weighted by Crippen LogP contribution is -2.56. The van der Waals surface area contributed by atoms with Gasteiger partial charge < -0.3 is 15.4 Å². The lowest BCUT2D eigenvalue weighted by molar-refractivity contribution is -0.00833. The van der Waals surface area contributed by atoms with E-state index in [-0.39, 0.29) is 10.3 Å². The van der Waals surface area contributed by atoms with Crippen molar-refractivity contribution in [3.8, 4) is 0 Å². The number of guanidine groups is 1. The second kappa shape index (κ2) is 8.99. The van der Waals surface area contributed by atoms with Crippen molar-refractivity contribution in [3.63, 3.8) is 0 Å². The van der Waals surface area contributed by atoms with Gasteiger partial charge in [-0.1, -0.05) is 0 Å². The van der Waals surface area contributed by atoms with Gasteiger partial charge in [-0.2, -0.15) is 0 Å². The fourth-order valence-corrected chi connectivity index (χ4v) is 3.27. The first-order valence-electron chi connectivity index (χ1n) is 8.32. The standard InChI is InChI=1S/C16H34N4O2S/c1-15(2,3)23(21)12-7-18-14(17-6)19-13-16(4,5)20-8-10-22-11-9-20/h7-13H2,1-6H3,(H2,17,18,19). The highest BCUT2D eigenvalue weighted by atomic mass is 32.2. The average molecular weight is 347 g/mol. The molecule has 0 aromatic carbocycles. The summed E-state index contributed by atoms with van der Waals surface area (Å²) >= 11 is 0. The van der Waals surface area contributed by atoms with Crippen LogP contribution in [0.25, 0.3) is 0 Å². The van der Waals surface area contributed by atoms with Gasteiger partial charge in [0.1, 0.15) is 0 Å². The summed E-state index contributed by atoms with van der Waals surface area (Å²) in [7, 11) is 0.914. The normalized spacial score (nSPS) is 19.5. The van der Waals surface area contributed by atoms with Gasteiger partial charge in [0.2, 0.25) is 0 Å². The fraction of sp³-hybridized carbons (Fsp3) is 0.938. The number of morpholine rings is 1. The molecule has 1 saturated heterocycles. The molecule has 6 nitrogen and oxygen atoms in total. The van der Waals surface area contributed by atoms with E-state index in [0.717, 1.165) is 38.8 Å². The molecule has 1 rings (SSSR count). The summed E-state index contributed by atoms with van der Waals surface area (Å²) in [6.45, 7) is 15.4. The molecule has 0 aromatic rings. The maximum Gasteiger partial charge on any atom is 0.191 e. The zero-order valence-corrected chi connectivity index (χ0v) is 16.4. The molecule has 7 heteroatoms. The van der Waals surface area contributed by atoms with Crippen molar-refractivity contribution in [2.24, 2.45) is 4.99 Å². The lowest BCUT2D eigenvalue weighted by atomic mass is 10.0. The van der Waals surface area contributed by atoms with Crippen LogP contribution in [0.15, 0.2) is 4.99 Å². The minimum atomic E-state index is -0.848. The van der Waals surface area contributed by atoms with E-state index in [1.54, 1.807) is 7.05 Å². The van der Waals surface area contributed by atoms with Crippen molar-refractivity contribution >= 4 is 16.8 Å². The van der Waals surface area contributed by atoms with Crippen molar-refractivity contribution in [1.82, 2.24) is 15.5 Å². The van der Waals surface area contributed by atoms with Gasteiger partial charge in [0.25, 0.3) is 0 Å². The third kappa shape index (κ3) is 7.18. The summed E-state index contributed by atoms with van der Waals surface area (Å²) in [5, 5.41) is 6.63. The topological polar surface area (TPSA) is 66.0 Å². The molecule has 1 aliphatic heterocycles. The number of nitrogens with one attached hydrogen (secondary N) is 2. The molecule has 0 bridgehead atoms. The molecule has 136 valence electrons. The Balaban J connectivity index is 2.37. The zero-order valence-electron chi connectivity index (χ0n) is 15.6. The predicted molar refractivity (Wildman–Crippen MR) is 98.6 cm³/mol. The second-order valence-corrected chi connectivity index (χ2v) is 9.75. The summed E-state index contributed by atoms with van der Waals surface area (Å²) in [4.78, 5) is 6.68. The molecule has 0 saturated carbocycles. The van der Waals surface area contributed by atoms with Crippen LogP contribution in [-0.4, -0.2) is 77.5 Å². The minimum Gasteiger partial charge on any atom is -0.379 e. The summed E-state index contributed by atoms with van der Waals surface area (Å²) in [5.74, 6) is 1.38. The summed E-state index contributed by atoms with van der Waals surface area (Å²) < 4.78 is 17.3. The van der Waals surface area contributed by atoms with E-state index in [1.165, 1.54) is 0 Å². The maximum absolute atomic E-state index is 12.1. The molecule has 1 atom stereocenters. The number of hydrogen-bond acceptors (Lipinski definition) is 4. The number of nitrogens with zero attached hydrogens (tertiary/aromatic N) is 2. The molecule has 0 radical (unpaired) electrons. The lowest BCUT2D eigenvalue weighted by Gasteiger charge is -2.41. The Hall–Kier alpha value is -0.660. The molecule has 0 amide bonds. The Morgan fingerprint density at radius 1 is 1.17 bits per heavy atom. The van der Waals surface area contributed by atoms with Crippen LogP contribution in [0.1, 0.15) is 34.6 Å². The Morgan fingerprint density at radius 3 is 2.30 bits per heavy atom. The van der Waals surface area contributed by atoms with Crippen LogP contribution in [0.5, 0.6) is 0 Å². The second-order valence-electron chi connectivity index (χ2n) is 7.43. The Labute approximate surface area is 143 Å². The molecule has 1 unspecified atom stereocenters. The van der Waals surface area contributed by atoms with Gasteiger partial charge in [0.05, 0.1) is 13.2 Å². The van der Waals surface area contributed by atoms with Gasteiger partial charge in [-0.15, -0.1) is 0 Å². The van der Waals surface area contributed by atoms with Gasteiger partial charge in [-0.25, -0.2) is 0 Å². The minimum absolute atomic E-state index is 0.0373. The highest BCUT2D eigenvalue weighted by molar-refractivity contribution is 7.86. The van der Waals surface area contributed by atoms with Gasteiger partial charge in [0, 0.05) is 60.1 Å². The smallest absolute Gasteiger partial charge is 0.191 e. The predicted octanol–water partition coefficient (Wildman–Crippen LogP) is 0.809. The Kier molecular flexibility index (Phi) is 7.97. The molecule has 2 N–H and O–H groups in total. The molecule has 0 aliphatic carbocycles. The van der Waals surface area contributed by atoms with Crippen LogP contribution in [0.3, 0.4) is 0 Å². The summed E-state index contributed by atoms with van der Waals surface area (Å²) in [5.41, 5.74) is 0.0373. The largest absolute Gasteiger partial charge is 0.379 e. The molecule has 1 heterocycles. The molecule has 1 fully saturated rings. The van der Waals surface area contributed by atoms with Crippen LogP contribution >= 0.6 is 0 Å². The highest BCUT2D eigenvalue weighted by Crippen LogP contribution is 2.15. The van der Waals surface area contributed by atoms with Crippen LogP contribution in [0.4, 0.5) is 0 Å². The summed E-state index contributed by atoms with van der Waals surface area (Å²) in [6.07, 6.45) is 0. The maximum atomic E-state index is 12.1. The first-order chi connectivity index (χ1) is 10.7. The van der Waals surface area contributed by atoms with E-state index >= 15 is 0 Å². The average Bonchev–Trinajstić information content (AvgIpc) is 2.50. The molecular formula is C16H34N4O2S. The number of hydrogen-bond donors (Lipinski definition) is 2. The first-order valence-corrected chi connectivity index (χ1v) is 9.64. The van der Waals surface area contributed by atoms with Gasteiger partial charge in [-0.05, 0) is 34.6 Å². The van der Waals surface area contributed by atoms with Gasteiger partial charge >= 0.3 is 0 Å². The highest BCUT2D eigenvalue weighted by Gasteiger charge is 2.28.